The van der Waals surface area contributed by atoms with Crippen molar-refractivity contribution >= 4 is 28.5 Å². The number of fused-ring (bicyclic) bond motifs is 2. The Balaban J connectivity index is 1.38. The van der Waals surface area contributed by atoms with E-state index in [-0.39, 0.29) is 11.8 Å². The number of carbonyl (C=O) groups is 1. The Kier molecular flexibility index (Phi) is 4.59. The van der Waals surface area contributed by atoms with Crippen LogP contribution in [0.4, 0.5) is 0 Å². The van der Waals surface area contributed by atoms with Crippen LogP contribution in [0.2, 0.25) is 5.02 Å². The van der Waals surface area contributed by atoms with Crippen LogP contribution >= 0.6 is 11.6 Å². The van der Waals surface area contributed by atoms with Crippen molar-refractivity contribution in [3.63, 3.8) is 0 Å². The number of hydrogen-bond donors (Lipinski definition) is 0. The van der Waals surface area contributed by atoms with Gasteiger partial charge in [-0.3, -0.25) is 4.79 Å². The van der Waals surface area contributed by atoms with E-state index in [9.17, 15) is 4.79 Å². The van der Waals surface area contributed by atoms with Gasteiger partial charge in [0.25, 0.3) is 5.91 Å². The molecule has 0 saturated carbocycles. The second-order valence-corrected chi connectivity index (χ2v) is 8.26. The van der Waals surface area contributed by atoms with E-state index in [4.69, 9.17) is 16.0 Å². The Morgan fingerprint density at radius 3 is 2.96 bits per heavy atom. The van der Waals surface area contributed by atoms with Crippen LogP contribution < -0.4 is 0 Å². The molecule has 6 nitrogen and oxygen atoms in total. The number of furan rings is 1. The molecular formula is C21H23ClN4O2. The predicted octanol–water partition coefficient (Wildman–Crippen LogP) is 4.42. The first-order chi connectivity index (χ1) is 13.7. The van der Waals surface area contributed by atoms with E-state index < -0.39 is 0 Å². The van der Waals surface area contributed by atoms with E-state index >= 15 is 0 Å². The van der Waals surface area contributed by atoms with Crippen LogP contribution in [-0.2, 0) is 13.0 Å². The zero-order valence-corrected chi connectivity index (χ0v) is 16.5. The highest BCUT2D eigenvalue weighted by atomic mass is 35.5. The third-order valence-corrected chi connectivity index (χ3v) is 6.14. The largest absolute Gasteiger partial charge is 0.451 e. The molecule has 2 aliphatic heterocycles. The number of amides is 1. The van der Waals surface area contributed by atoms with Crippen molar-refractivity contribution in [2.75, 3.05) is 13.1 Å². The molecule has 146 valence electrons. The summed E-state index contributed by atoms with van der Waals surface area (Å²) in [5.41, 5.74) is 0.684. The van der Waals surface area contributed by atoms with Crippen LogP contribution in [0.3, 0.4) is 0 Å². The normalized spacial score (nSPS) is 20.2. The molecule has 3 aromatic rings. The molecule has 1 fully saturated rings. The monoisotopic (exact) mass is 398 g/mol. The lowest BCUT2D eigenvalue weighted by atomic mass is 9.96. The van der Waals surface area contributed by atoms with Crippen molar-refractivity contribution in [1.82, 2.24) is 19.7 Å². The highest BCUT2D eigenvalue weighted by Gasteiger charge is 2.31. The first-order valence-electron chi connectivity index (χ1n) is 10.1. The summed E-state index contributed by atoms with van der Waals surface area (Å²) >= 11 is 6.05. The first kappa shape index (κ1) is 17.7. The van der Waals surface area contributed by atoms with Crippen LogP contribution in [0.15, 0.2) is 28.7 Å². The van der Waals surface area contributed by atoms with Gasteiger partial charge >= 0.3 is 0 Å². The minimum Gasteiger partial charge on any atom is -0.451 e. The molecule has 5 rings (SSSR count). The van der Waals surface area contributed by atoms with Gasteiger partial charge in [0, 0.05) is 42.4 Å². The second-order valence-electron chi connectivity index (χ2n) is 7.82. The molecule has 1 atom stereocenters. The molecule has 0 bridgehead atoms. The summed E-state index contributed by atoms with van der Waals surface area (Å²) in [4.78, 5) is 15.0. The van der Waals surface area contributed by atoms with E-state index in [1.807, 2.05) is 11.0 Å². The van der Waals surface area contributed by atoms with Gasteiger partial charge in [0.05, 0.1) is 0 Å². The van der Waals surface area contributed by atoms with Crippen LogP contribution in [0.1, 0.15) is 60.2 Å². The number of likely N-dealkylation sites (tertiary alicyclic amines) is 1. The summed E-state index contributed by atoms with van der Waals surface area (Å²) in [5.74, 6) is 2.69. The van der Waals surface area contributed by atoms with Crippen LogP contribution in [-0.4, -0.2) is 38.7 Å². The van der Waals surface area contributed by atoms with Gasteiger partial charge in [0.1, 0.15) is 17.2 Å². The summed E-state index contributed by atoms with van der Waals surface area (Å²) < 4.78 is 8.09. The Morgan fingerprint density at radius 1 is 1.11 bits per heavy atom. The Labute approximate surface area is 168 Å². The number of carbonyl (C=O) groups excluding carboxylic acids is 1. The Bertz CT molecular complexity index is 1020. The van der Waals surface area contributed by atoms with Crippen molar-refractivity contribution in [3.05, 3.63) is 46.7 Å². The predicted molar refractivity (Wildman–Crippen MR) is 107 cm³/mol. The number of hydrogen-bond acceptors (Lipinski definition) is 4. The number of nitrogens with zero attached hydrogens (tertiary/aromatic N) is 4. The zero-order chi connectivity index (χ0) is 19.1. The summed E-state index contributed by atoms with van der Waals surface area (Å²) in [7, 11) is 0. The lowest BCUT2D eigenvalue weighted by Gasteiger charge is -2.32. The summed E-state index contributed by atoms with van der Waals surface area (Å²) in [6.07, 6.45) is 6.61. The summed E-state index contributed by atoms with van der Waals surface area (Å²) in [5, 5.41) is 10.4. The Hall–Kier alpha value is -2.34. The number of aryl methyl sites for hydroxylation is 1. The van der Waals surface area contributed by atoms with Crippen molar-refractivity contribution in [2.24, 2.45) is 0 Å². The molecule has 0 spiro atoms. The maximum absolute atomic E-state index is 13.1. The highest BCUT2D eigenvalue weighted by molar-refractivity contribution is 6.31. The fourth-order valence-corrected chi connectivity index (χ4v) is 4.64. The van der Waals surface area contributed by atoms with Crippen LogP contribution in [0.25, 0.3) is 11.0 Å². The fraction of sp³-hybridized carbons (Fsp3) is 0.476. The topological polar surface area (TPSA) is 64.2 Å². The number of halogens is 1. The number of aromatic nitrogens is 3. The van der Waals surface area contributed by atoms with Crippen molar-refractivity contribution in [2.45, 2.75) is 51.0 Å². The number of piperidine rings is 1. The molecule has 28 heavy (non-hydrogen) atoms. The molecule has 2 aromatic heterocycles. The lowest BCUT2D eigenvalue weighted by Crippen LogP contribution is -2.39. The second kappa shape index (κ2) is 7.24. The SMILES string of the molecule is O=C(c1cc2cc(Cl)ccc2o1)N1CCCC(c2nnc3n2CCCCC3)C1. The van der Waals surface area contributed by atoms with Crippen LogP contribution in [0.5, 0.6) is 0 Å². The van der Waals surface area contributed by atoms with Gasteiger partial charge in [-0.1, -0.05) is 18.0 Å². The average molecular weight is 399 g/mol. The highest BCUT2D eigenvalue weighted by Crippen LogP contribution is 2.30. The van der Waals surface area contributed by atoms with Crippen molar-refractivity contribution < 1.29 is 9.21 Å². The maximum atomic E-state index is 13.1. The van der Waals surface area contributed by atoms with Gasteiger partial charge in [-0.25, -0.2) is 0 Å². The van der Waals surface area contributed by atoms with Gasteiger partial charge in [0.15, 0.2) is 5.76 Å². The van der Waals surface area contributed by atoms with Gasteiger partial charge in [-0.2, -0.15) is 0 Å². The van der Waals surface area contributed by atoms with E-state index in [0.717, 1.165) is 49.4 Å². The van der Waals surface area contributed by atoms with Gasteiger partial charge < -0.3 is 13.9 Å². The van der Waals surface area contributed by atoms with Crippen molar-refractivity contribution in [3.8, 4) is 0 Å². The minimum absolute atomic E-state index is 0.0624. The van der Waals surface area contributed by atoms with Crippen LogP contribution in [0, 0.1) is 0 Å². The molecule has 0 N–H and O–H groups in total. The fourth-order valence-electron chi connectivity index (χ4n) is 4.46. The lowest BCUT2D eigenvalue weighted by molar-refractivity contribution is 0.0673. The molecule has 1 saturated heterocycles. The zero-order valence-electron chi connectivity index (χ0n) is 15.7. The summed E-state index contributed by atoms with van der Waals surface area (Å²) in [6, 6.07) is 7.19. The Morgan fingerprint density at radius 2 is 2.04 bits per heavy atom. The van der Waals surface area contributed by atoms with E-state index in [0.29, 0.717) is 22.9 Å². The third kappa shape index (κ3) is 3.20. The standard InChI is InChI=1S/C21H23ClN4O2/c22-16-7-8-17-15(11-16)12-18(28-17)21(27)25-9-4-5-14(13-25)20-24-23-19-6-2-1-3-10-26(19)20/h7-8,11-12,14H,1-6,9-10,13H2. The van der Waals surface area contributed by atoms with Gasteiger partial charge in [-0.15, -0.1) is 10.2 Å². The van der Waals surface area contributed by atoms with E-state index in [1.54, 1.807) is 18.2 Å². The number of benzene rings is 1. The average Bonchev–Trinajstić information content (AvgIpc) is 3.24. The molecule has 0 aliphatic carbocycles. The number of rotatable bonds is 2. The third-order valence-electron chi connectivity index (χ3n) is 5.90. The molecule has 1 amide bonds. The van der Waals surface area contributed by atoms with Gasteiger partial charge in [-0.05, 0) is 49.9 Å². The molecule has 0 radical (unpaired) electrons. The molecule has 2 aliphatic rings. The molecule has 4 heterocycles. The van der Waals surface area contributed by atoms with Gasteiger partial charge in [0.2, 0.25) is 0 Å². The molecule has 1 unspecified atom stereocenters. The maximum Gasteiger partial charge on any atom is 0.289 e. The minimum atomic E-state index is -0.0624. The van der Waals surface area contributed by atoms with Crippen molar-refractivity contribution in [1.29, 1.82) is 0 Å². The smallest absolute Gasteiger partial charge is 0.289 e. The molecule has 1 aromatic carbocycles. The summed E-state index contributed by atoms with van der Waals surface area (Å²) in [6.45, 7) is 2.40. The molecule has 7 heteroatoms. The quantitative estimate of drug-likeness (QED) is 0.640. The molecular weight excluding hydrogens is 376 g/mol. The van der Waals surface area contributed by atoms with E-state index in [2.05, 4.69) is 14.8 Å². The first-order valence-corrected chi connectivity index (χ1v) is 10.5. The van der Waals surface area contributed by atoms with E-state index in [1.165, 1.54) is 19.3 Å².